The van der Waals surface area contributed by atoms with E-state index in [1.165, 1.54) is 16.0 Å². The van der Waals surface area contributed by atoms with E-state index in [9.17, 15) is 4.79 Å². The molecule has 0 fully saturated rings. The summed E-state index contributed by atoms with van der Waals surface area (Å²) in [7, 11) is 4.18. The standard InChI is InChI=1S/C21H29N5OS/c1-4-5-9-26-14-22-20-19(21(26)27)17-7-6-16(11-18(17)28-20)24(2)10-8-15-12-23-25(3)13-15/h12-14,16H,4-11H2,1-3H3. The van der Waals surface area contributed by atoms with Crippen LogP contribution in [0.1, 0.15) is 42.2 Å². The van der Waals surface area contributed by atoms with Gasteiger partial charge in [0.2, 0.25) is 0 Å². The van der Waals surface area contributed by atoms with Crippen LogP contribution in [0.15, 0.2) is 23.5 Å². The summed E-state index contributed by atoms with van der Waals surface area (Å²) in [6, 6.07) is 0.527. The van der Waals surface area contributed by atoms with Gasteiger partial charge in [-0.25, -0.2) is 4.98 Å². The summed E-state index contributed by atoms with van der Waals surface area (Å²) in [5, 5.41) is 5.14. The van der Waals surface area contributed by atoms with Crippen molar-refractivity contribution in [1.29, 1.82) is 0 Å². The second kappa shape index (κ2) is 8.17. The van der Waals surface area contributed by atoms with Crippen molar-refractivity contribution in [2.24, 2.45) is 7.05 Å². The minimum Gasteiger partial charge on any atom is -0.303 e. The number of nitrogens with zero attached hydrogens (tertiary/aromatic N) is 5. The molecule has 0 spiro atoms. The zero-order valence-electron chi connectivity index (χ0n) is 17.0. The fraction of sp³-hybridized carbons (Fsp3) is 0.571. The van der Waals surface area contributed by atoms with Crippen LogP contribution in [0.5, 0.6) is 0 Å². The highest BCUT2D eigenvalue weighted by Gasteiger charge is 2.27. The Morgan fingerprint density at radius 3 is 3.00 bits per heavy atom. The van der Waals surface area contributed by atoms with E-state index in [1.54, 1.807) is 22.2 Å². The monoisotopic (exact) mass is 399 g/mol. The van der Waals surface area contributed by atoms with Crippen LogP contribution in [0.4, 0.5) is 0 Å². The van der Waals surface area contributed by atoms with Gasteiger partial charge in [0.15, 0.2) is 0 Å². The van der Waals surface area contributed by atoms with Gasteiger partial charge in [-0.3, -0.25) is 14.0 Å². The van der Waals surface area contributed by atoms with Crippen molar-refractivity contribution in [3.05, 3.63) is 45.1 Å². The van der Waals surface area contributed by atoms with Crippen LogP contribution < -0.4 is 5.56 Å². The molecular formula is C21H29N5OS. The molecule has 0 amide bonds. The van der Waals surface area contributed by atoms with Gasteiger partial charge in [0.25, 0.3) is 5.56 Å². The Kier molecular flexibility index (Phi) is 5.64. The van der Waals surface area contributed by atoms with Gasteiger partial charge >= 0.3 is 0 Å². The van der Waals surface area contributed by atoms with Crippen molar-refractivity contribution in [2.45, 2.75) is 58.0 Å². The first-order valence-corrected chi connectivity index (χ1v) is 11.1. The lowest BCUT2D eigenvalue weighted by atomic mass is 9.92. The van der Waals surface area contributed by atoms with Gasteiger partial charge in [-0.1, -0.05) is 13.3 Å². The Morgan fingerprint density at radius 2 is 2.25 bits per heavy atom. The molecule has 3 aromatic heterocycles. The molecule has 0 bridgehead atoms. The number of hydrogen-bond acceptors (Lipinski definition) is 5. The molecule has 0 aliphatic heterocycles. The zero-order valence-corrected chi connectivity index (χ0v) is 17.8. The van der Waals surface area contributed by atoms with Crippen LogP contribution in [0.2, 0.25) is 0 Å². The van der Waals surface area contributed by atoms with Gasteiger partial charge in [-0.2, -0.15) is 5.10 Å². The number of likely N-dealkylation sites (N-methyl/N-ethyl adjacent to an activating group) is 1. The van der Waals surface area contributed by atoms with Gasteiger partial charge in [-0.05, 0) is 50.3 Å². The van der Waals surface area contributed by atoms with E-state index in [1.807, 2.05) is 17.9 Å². The average Bonchev–Trinajstić information content (AvgIpc) is 3.28. The average molecular weight is 400 g/mol. The number of hydrogen-bond donors (Lipinski definition) is 0. The highest BCUT2D eigenvalue weighted by Crippen LogP contribution is 2.34. The molecule has 0 saturated heterocycles. The van der Waals surface area contributed by atoms with Crippen LogP contribution in [-0.4, -0.2) is 43.9 Å². The quantitative estimate of drug-likeness (QED) is 0.613. The molecule has 1 unspecified atom stereocenters. The zero-order chi connectivity index (χ0) is 19.7. The molecule has 1 aliphatic carbocycles. The molecule has 28 heavy (non-hydrogen) atoms. The molecule has 0 aromatic carbocycles. The summed E-state index contributed by atoms with van der Waals surface area (Å²) in [5.74, 6) is 0. The highest BCUT2D eigenvalue weighted by atomic mass is 32.1. The van der Waals surface area contributed by atoms with E-state index in [0.717, 1.165) is 61.8 Å². The highest BCUT2D eigenvalue weighted by molar-refractivity contribution is 7.18. The summed E-state index contributed by atoms with van der Waals surface area (Å²) in [5.41, 5.74) is 2.70. The summed E-state index contributed by atoms with van der Waals surface area (Å²) >= 11 is 1.72. The van der Waals surface area contributed by atoms with Crippen molar-refractivity contribution in [3.63, 3.8) is 0 Å². The van der Waals surface area contributed by atoms with Gasteiger partial charge < -0.3 is 4.90 Å². The summed E-state index contributed by atoms with van der Waals surface area (Å²) in [6.07, 6.45) is 12.0. The van der Waals surface area contributed by atoms with Crippen LogP contribution in [0.25, 0.3) is 10.2 Å². The molecule has 1 aliphatic rings. The number of unbranched alkanes of at least 4 members (excludes halogenated alkanes) is 1. The van der Waals surface area contributed by atoms with Crippen molar-refractivity contribution in [1.82, 2.24) is 24.2 Å². The normalized spacial score (nSPS) is 16.8. The minimum absolute atomic E-state index is 0.152. The van der Waals surface area contributed by atoms with Crippen molar-refractivity contribution in [2.75, 3.05) is 13.6 Å². The third kappa shape index (κ3) is 3.78. The van der Waals surface area contributed by atoms with E-state index >= 15 is 0 Å². The van der Waals surface area contributed by atoms with Gasteiger partial charge in [-0.15, -0.1) is 11.3 Å². The smallest absolute Gasteiger partial charge is 0.262 e. The number of aryl methyl sites for hydroxylation is 3. The van der Waals surface area contributed by atoms with E-state index < -0.39 is 0 Å². The Hall–Kier alpha value is -1.99. The molecule has 4 rings (SSSR count). The topological polar surface area (TPSA) is 56.0 Å². The molecular weight excluding hydrogens is 370 g/mol. The Morgan fingerprint density at radius 1 is 1.39 bits per heavy atom. The molecule has 1 atom stereocenters. The molecule has 3 aromatic rings. The van der Waals surface area contributed by atoms with Crippen LogP contribution in [0, 0.1) is 0 Å². The van der Waals surface area contributed by atoms with Crippen molar-refractivity contribution in [3.8, 4) is 0 Å². The first kappa shape index (κ1) is 19.3. The lowest BCUT2D eigenvalue weighted by Crippen LogP contribution is -2.37. The molecule has 3 heterocycles. The maximum atomic E-state index is 13.0. The van der Waals surface area contributed by atoms with Crippen LogP contribution in [-0.2, 0) is 32.9 Å². The SMILES string of the molecule is CCCCn1cnc2sc3c(c2c1=O)CCC(N(C)CCc1cnn(C)c1)C3. The van der Waals surface area contributed by atoms with Crippen LogP contribution >= 0.6 is 11.3 Å². The van der Waals surface area contributed by atoms with Crippen LogP contribution in [0.3, 0.4) is 0 Å². The maximum Gasteiger partial charge on any atom is 0.262 e. The number of thiophene rings is 1. The number of rotatable bonds is 7. The molecule has 0 N–H and O–H groups in total. The fourth-order valence-electron chi connectivity index (χ4n) is 4.14. The predicted molar refractivity (Wildman–Crippen MR) is 114 cm³/mol. The summed E-state index contributed by atoms with van der Waals surface area (Å²) < 4.78 is 3.66. The Bertz CT molecular complexity index is 1020. The third-order valence-corrected chi connectivity index (χ3v) is 7.06. The first-order chi connectivity index (χ1) is 13.6. The summed E-state index contributed by atoms with van der Waals surface area (Å²) in [6.45, 7) is 3.94. The lowest BCUT2D eigenvalue weighted by Gasteiger charge is -2.31. The van der Waals surface area contributed by atoms with E-state index in [4.69, 9.17) is 0 Å². The lowest BCUT2D eigenvalue weighted by molar-refractivity contribution is 0.226. The van der Waals surface area contributed by atoms with Crippen molar-refractivity contribution < 1.29 is 0 Å². The largest absolute Gasteiger partial charge is 0.303 e. The number of fused-ring (bicyclic) bond motifs is 3. The van der Waals surface area contributed by atoms with Crippen molar-refractivity contribution >= 4 is 21.6 Å². The van der Waals surface area contributed by atoms with Gasteiger partial charge in [0.1, 0.15) is 4.83 Å². The van der Waals surface area contributed by atoms with E-state index in [-0.39, 0.29) is 5.56 Å². The van der Waals surface area contributed by atoms with Gasteiger partial charge in [0.05, 0.1) is 17.9 Å². The molecule has 150 valence electrons. The van der Waals surface area contributed by atoms with E-state index in [2.05, 4.69) is 35.2 Å². The molecule has 0 radical (unpaired) electrons. The molecule has 7 heteroatoms. The fourth-order valence-corrected chi connectivity index (χ4v) is 5.39. The maximum absolute atomic E-state index is 13.0. The predicted octanol–water partition coefficient (Wildman–Crippen LogP) is 3.02. The first-order valence-electron chi connectivity index (χ1n) is 10.2. The molecule has 0 saturated carbocycles. The van der Waals surface area contributed by atoms with Gasteiger partial charge in [0, 0.05) is 37.3 Å². The minimum atomic E-state index is 0.152. The Labute approximate surface area is 169 Å². The number of aromatic nitrogens is 4. The summed E-state index contributed by atoms with van der Waals surface area (Å²) in [4.78, 5) is 22.3. The Balaban J connectivity index is 1.49. The third-order valence-electron chi connectivity index (χ3n) is 5.90. The second-order valence-electron chi connectivity index (χ2n) is 7.93. The second-order valence-corrected chi connectivity index (χ2v) is 9.01. The van der Waals surface area contributed by atoms with E-state index in [0.29, 0.717) is 6.04 Å². The molecule has 6 nitrogen and oxygen atoms in total.